The van der Waals surface area contributed by atoms with Crippen LogP contribution in [0.15, 0.2) is 22.3 Å². The lowest BCUT2D eigenvalue weighted by Crippen LogP contribution is -2.43. The lowest BCUT2D eigenvalue weighted by molar-refractivity contribution is -0.0568. The molecule has 0 aromatic heterocycles. The van der Waals surface area contributed by atoms with Crippen LogP contribution < -0.4 is 0 Å². The average molecular weight is 246 g/mol. The number of hydrogen-bond donors (Lipinski definition) is 1. The second-order valence-electron chi connectivity index (χ2n) is 7.36. The van der Waals surface area contributed by atoms with Crippen molar-refractivity contribution in [1.29, 1.82) is 0 Å². The molecule has 0 unspecified atom stereocenters. The third-order valence-corrected chi connectivity index (χ3v) is 5.89. The van der Waals surface area contributed by atoms with Crippen molar-refractivity contribution in [2.45, 2.75) is 53.6 Å². The highest BCUT2D eigenvalue weighted by atomic mass is 16.3. The fraction of sp³-hybridized carbons (Fsp3) is 0.765. The van der Waals surface area contributed by atoms with Crippen LogP contribution in [-0.4, -0.2) is 10.7 Å². The van der Waals surface area contributed by atoms with Crippen LogP contribution in [0.2, 0.25) is 0 Å². The Bertz CT molecular complexity index is 460. The monoisotopic (exact) mass is 246 g/mol. The topological polar surface area (TPSA) is 20.2 Å². The maximum absolute atomic E-state index is 11.2. The van der Waals surface area contributed by atoms with E-state index in [1.54, 1.807) is 11.1 Å². The molecule has 0 aliphatic heterocycles. The van der Waals surface area contributed by atoms with E-state index in [0.717, 1.165) is 0 Å². The molecule has 4 saturated carbocycles. The van der Waals surface area contributed by atoms with Gasteiger partial charge in [0.2, 0.25) is 0 Å². The molecule has 0 radical (unpaired) electrons. The molecule has 0 amide bonds. The Hall–Kier alpha value is -0.560. The van der Waals surface area contributed by atoms with E-state index in [4.69, 9.17) is 0 Å². The first kappa shape index (κ1) is 12.5. The Balaban J connectivity index is 2.19. The van der Waals surface area contributed by atoms with Crippen molar-refractivity contribution in [3.05, 3.63) is 22.3 Å². The largest absolute Gasteiger partial charge is 0.389 e. The highest BCUT2D eigenvalue weighted by Gasteiger charge is 2.72. The molecule has 18 heavy (non-hydrogen) atoms. The van der Waals surface area contributed by atoms with Crippen molar-refractivity contribution in [3.8, 4) is 0 Å². The van der Waals surface area contributed by atoms with Crippen molar-refractivity contribution in [1.82, 2.24) is 0 Å². The van der Waals surface area contributed by atoms with Crippen molar-refractivity contribution in [2.75, 3.05) is 0 Å². The van der Waals surface area contributed by atoms with E-state index in [-0.39, 0.29) is 0 Å². The normalized spacial score (nSPS) is 44.7. The molecular formula is C17H26O. The van der Waals surface area contributed by atoms with Gasteiger partial charge in [-0.2, -0.15) is 0 Å². The quantitative estimate of drug-likeness (QED) is 0.695. The lowest BCUT2D eigenvalue weighted by Gasteiger charge is -2.37. The minimum Gasteiger partial charge on any atom is -0.389 e. The van der Waals surface area contributed by atoms with Crippen molar-refractivity contribution < 1.29 is 5.11 Å². The van der Waals surface area contributed by atoms with Crippen molar-refractivity contribution in [2.24, 2.45) is 29.6 Å². The summed E-state index contributed by atoms with van der Waals surface area (Å²) in [6, 6.07) is 0. The van der Waals surface area contributed by atoms with E-state index in [1.165, 1.54) is 17.6 Å². The van der Waals surface area contributed by atoms with Crippen LogP contribution in [-0.2, 0) is 0 Å². The zero-order valence-electron chi connectivity index (χ0n) is 12.5. The van der Waals surface area contributed by atoms with E-state index in [1.807, 2.05) is 0 Å². The van der Waals surface area contributed by atoms with E-state index < -0.39 is 5.60 Å². The Morgan fingerprint density at radius 1 is 1.11 bits per heavy atom. The van der Waals surface area contributed by atoms with Gasteiger partial charge in [-0.25, -0.2) is 0 Å². The molecule has 1 heteroatoms. The third kappa shape index (κ3) is 1.13. The Labute approximate surface area is 111 Å². The summed E-state index contributed by atoms with van der Waals surface area (Å²) in [5.74, 6) is 2.49. The second-order valence-corrected chi connectivity index (χ2v) is 7.36. The molecule has 0 aromatic rings. The van der Waals surface area contributed by atoms with Gasteiger partial charge in [-0.05, 0) is 51.9 Å². The van der Waals surface area contributed by atoms with E-state index in [9.17, 15) is 5.11 Å². The van der Waals surface area contributed by atoms with Gasteiger partial charge in [-0.15, -0.1) is 0 Å². The van der Waals surface area contributed by atoms with Gasteiger partial charge < -0.3 is 5.11 Å². The van der Waals surface area contributed by atoms with Gasteiger partial charge in [0, 0.05) is 11.8 Å². The molecule has 5 atom stereocenters. The highest BCUT2D eigenvalue weighted by Crippen LogP contribution is 2.74. The molecule has 4 fully saturated rings. The van der Waals surface area contributed by atoms with Crippen LogP contribution in [0, 0.1) is 29.6 Å². The molecule has 4 rings (SSSR count). The fourth-order valence-corrected chi connectivity index (χ4v) is 5.44. The maximum Gasteiger partial charge on any atom is 0.0778 e. The highest BCUT2D eigenvalue weighted by molar-refractivity contribution is 5.51. The smallest absolute Gasteiger partial charge is 0.0778 e. The Morgan fingerprint density at radius 3 is 2.11 bits per heavy atom. The van der Waals surface area contributed by atoms with Gasteiger partial charge in [0.25, 0.3) is 0 Å². The summed E-state index contributed by atoms with van der Waals surface area (Å²) in [6.07, 6.45) is 1.22. The Kier molecular flexibility index (Phi) is 2.43. The molecule has 1 N–H and O–H groups in total. The number of allylic oxidation sites excluding steroid dienone is 3. The predicted molar refractivity (Wildman–Crippen MR) is 75.1 cm³/mol. The van der Waals surface area contributed by atoms with Gasteiger partial charge in [0.05, 0.1) is 5.60 Å². The SMILES string of the molecule is CC(C)=C1[C@H]2C(=C(C)C)[C@@H]3C[C@H]2[C@](O)(C(C)C)[C@H]13. The van der Waals surface area contributed by atoms with Crippen LogP contribution in [0.25, 0.3) is 0 Å². The molecule has 0 spiro atoms. The van der Waals surface area contributed by atoms with Crippen LogP contribution in [0.3, 0.4) is 0 Å². The second kappa shape index (κ2) is 3.50. The number of hydrogen-bond acceptors (Lipinski definition) is 1. The molecule has 0 aromatic carbocycles. The first-order chi connectivity index (χ1) is 8.31. The van der Waals surface area contributed by atoms with E-state index in [2.05, 4.69) is 41.5 Å². The summed E-state index contributed by atoms with van der Waals surface area (Å²) in [7, 11) is 0. The zero-order chi connectivity index (χ0) is 13.4. The van der Waals surface area contributed by atoms with E-state index in [0.29, 0.717) is 29.6 Å². The average Bonchev–Trinajstić information content (AvgIpc) is 2.90. The van der Waals surface area contributed by atoms with Crippen molar-refractivity contribution in [3.63, 3.8) is 0 Å². The number of rotatable bonds is 1. The summed E-state index contributed by atoms with van der Waals surface area (Å²) >= 11 is 0. The maximum atomic E-state index is 11.2. The molecule has 4 bridgehead atoms. The fourth-order valence-electron chi connectivity index (χ4n) is 5.44. The summed E-state index contributed by atoms with van der Waals surface area (Å²) in [4.78, 5) is 0. The number of aliphatic hydroxyl groups is 1. The molecule has 100 valence electrons. The predicted octanol–water partition coefficient (Wildman–Crippen LogP) is 3.94. The standard InChI is InChI=1S/C17H26O/c1-8(2)13-11-7-12-15(13)14(9(3)4)16(11)17(12,18)10(5)6/h10-12,15-16,18H,7H2,1-6H3/t11-,12+,15+,16-,17+/m0/s1. The van der Waals surface area contributed by atoms with Gasteiger partial charge in [-0.3, -0.25) is 0 Å². The summed E-state index contributed by atoms with van der Waals surface area (Å²) in [5, 5.41) is 11.2. The van der Waals surface area contributed by atoms with E-state index >= 15 is 0 Å². The van der Waals surface area contributed by atoms with Gasteiger partial charge in [0.1, 0.15) is 0 Å². The van der Waals surface area contributed by atoms with Crippen LogP contribution in [0.1, 0.15) is 48.0 Å². The first-order valence-corrected chi connectivity index (χ1v) is 7.38. The molecule has 0 saturated heterocycles. The molecule has 1 nitrogen and oxygen atoms in total. The minimum absolute atomic E-state index is 0.371. The summed E-state index contributed by atoms with van der Waals surface area (Å²) < 4.78 is 0. The lowest BCUT2D eigenvalue weighted by atomic mass is 9.74. The molecule has 0 heterocycles. The molecular weight excluding hydrogens is 220 g/mol. The first-order valence-electron chi connectivity index (χ1n) is 7.38. The molecule has 4 aliphatic rings. The van der Waals surface area contributed by atoms with Crippen LogP contribution in [0.4, 0.5) is 0 Å². The Morgan fingerprint density at radius 2 is 1.67 bits per heavy atom. The van der Waals surface area contributed by atoms with Gasteiger partial charge in [0.15, 0.2) is 0 Å². The van der Waals surface area contributed by atoms with Crippen LogP contribution >= 0.6 is 0 Å². The minimum atomic E-state index is -0.430. The third-order valence-electron chi connectivity index (χ3n) is 5.89. The van der Waals surface area contributed by atoms with Crippen molar-refractivity contribution >= 4 is 0 Å². The van der Waals surface area contributed by atoms with Crippen LogP contribution in [0.5, 0.6) is 0 Å². The molecule has 4 aliphatic carbocycles. The zero-order valence-corrected chi connectivity index (χ0v) is 12.5. The summed E-state index contributed by atoms with van der Waals surface area (Å²) in [5.41, 5.74) is 5.78. The summed E-state index contributed by atoms with van der Waals surface area (Å²) in [6.45, 7) is 13.4. The van der Waals surface area contributed by atoms with Gasteiger partial charge >= 0.3 is 0 Å². The van der Waals surface area contributed by atoms with Gasteiger partial charge in [-0.1, -0.05) is 36.1 Å².